The third kappa shape index (κ3) is 3.07. The predicted molar refractivity (Wildman–Crippen MR) is 116 cm³/mol. The molecule has 3 aliphatic rings. The topological polar surface area (TPSA) is 47.0 Å². The van der Waals surface area contributed by atoms with Gasteiger partial charge < -0.3 is 10.1 Å². The second-order valence-corrected chi connectivity index (χ2v) is 8.84. The van der Waals surface area contributed by atoms with Gasteiger partial charge in [0.2, 0.25) is 5.95 Å². The molecule has 4 heteroatoms. The predicted octanol–water partition coefficient (Wildman–Crippen LogP) is 5.45. The molecule has 1 fully saturated rings. The molecular formula is C25H27N3O. The molecule has 1 saturated carbocycles. The van der Waals surface area contributed by atoms with Gasteiger partial charge in [-0.05, 0) is 54.0 Å². The van der Waals surface area contributed by atoms with Crippen LogP contribution in [0.3, 0.4) is 0 Å². The van der Waals surface area contributed by atoms with Crippen molar-refractivity contribution < 1.29 is 4.74 Å². The average Bonchev–Trinajstić information content (AvgIpc) is 2.77. The minimum atomic E-state index is 0.329. The van der Waals surface area contributed by atoms with E-state index in [1.165, 1.54) is 23.2 Å². The van der Waals surface area contributed by atoms with Crippen molar-refractivity contribution in [3.8, 4) is 17.0 Å². The highest BCUT2D eigenvalue weighted by molar-refractivity contribution is 5.67. The van der Waals surface area contributed by atoms with E-state index in [0.717, 1.165) is 41.8 Å². The SMILES string of the molecule is COc1ccc(-c2nc(NCc3ccccc3)nc3c2CC2CC3C2(C)C)cc1. The molecule has 2 aromatic carbocycles. The van der Waals surface area contributed by atoms with Crippen molar-refractivity contribution >= 4 is 5.95 Å². The number of ether oxygens (including phenoxy) is 1. The van der Waals surface area contributed by atoms with Crippen LogP contribution >= 0.6 is 0 Å². The Morgan fingerprint density at radius 2 is 1.79 bits per heavy atom. The van der Waals surface area contributed by atoms with Gasteiger partial charge >= 0.3 is 0 Å². The van der Waals surface area contributed by atoms with Crippen LogP contribution in [-0.2, 0) is 13.0 Å². The molecule has 2 bridgehead atoms. The monoisotopic (exact) mass is 385 g/mol. The number of hydrogen-bond donors (Lipinski definition) is 1. The third-order valence-electron chi connectivity index (χ3n) is 6.95. The van der Waals surface area contributed by atoms with E-state index in [2.05, 4.69) is 55.6 Å². The smallest absolute Gasteiger partial charge is 0.223 e. The standard InChI is InChI=1S/C25H27N3O/c1-25(2)18-13-20-22(17-9-11-19(29-3)12-10-17)27-24(28-23(20)21(25)14-18)26-15-16-7-5-4-6-8-16/h4-12,18,21H,13-15H2,1-3H3,(H,26,27,28). The Hall–Kier alpha value is -2.88. The fraction of sp³-hybridized carbons (Fsp3) is 0.360. The normalized spacial score (nSPS) is 21.1. The largest absolute Gasteiger partial charge is 0.497 e. The van der Waals surface area contributed by atoms with Crippen LogP contribution in [0.15, 0.2) is 54.6 Å². The minimum absolute atomic E-state index is 0.329. The van der Waals surface area contributed by atoms with Crippen molar-refractivity contribution in [1.29, 1.82) is 0 Å². The lowest BCUT2D eigenvalue weighted by atomic mass is 9.48. The molecule has 0 radical (unpaired) electrons. The molecule has 29 heavy (non-hydrogen) atoms. The molecule has 2 unspecified atom stereocenters. The van der Waals surface area contributed by atoms with Crippen LogP contribution in [0.4, 0.5) is 5.95 Å². The maximum atomic E-state index is 5.34. The Labute approximate surface area is 172 Å². The van der Waals surface area contributed by atoms with E-state index >= 15 is 0 Å². The van der Waals surface area contributed by atoms with E-state index in [-0.39, 0.29) is 0 Å². The molecule has 3 aliphatic carbocycles. The molecule has 0 saturated heterocycles. The summed E-state index contributed by atoms with van der Waals surface area (Å²) in [5.74, 6) is 2.83. The van der Waals surface area contributed by atoms with Gasteiger partial charge in [-0.1, -0.05) is 44.2 Å². The highest BCUT2D eigenvalue weighted by Gasteiger charge is 2.54. The number of rotatable bonds is 5. The molecule has 6 rings (SSSR count). The fourth-order valence-corrected chi connectivity index (χ4v) is 4.91. The number of benzene rings is 2. The number of nitrogens with zero attached hydrogens (tertiary/aromatic N) is 2. The lowest BCUT2D eigenvalue weighted by Gasteiger charge is -2.56. The Kier molecular flexibility index (Phi) is 4.30. The number of methoxy groups -OCH3 is 1. The number of anilines is 1. The van der Waals surface area contributed by atoms with Gasteiger partial charge in [-0.3, -0.25) is 0 Å². The van der Waals surface area contributed by atoms with E-state index in [0.29, 0.717) is 11.3 Å². The first-order valence-electron chi connectivity index (χ1n) is 10.4. The third-order valence-corrected chi connectivity index (χ3v) is 6.95. The van der Waals surface area contributed by atoms with Crippen LogP contribution in [0.1, 0.15) is 43.0 Å². The molecule has 1 heterocycles. The molecule has 148 valence electrons. The van der Waals surface area contributed by atoms with Gasteiger partial charge in [0, 0.05) is 23.6 Å². The molecule has 0 amide bonds. The molecule has 1 N–H and O–H groups in total. The molecule has 0 spiro atoms. The molecular weight excluding hydrogens is 358 g/mol. The first-order valence-corrected chi connectivity index (χ1v) is 10.4. The van der Waals surface area contributed by atoms with Crippen molar-refractivity contribution in [2.45, 2.75) is 39.2 Å². The second-order valence-electron chi connectivity index (χ2n) is 8.84. The Bertz CT molecular complexity index is 1030. The van der Waals surface area contributed by atoms with Crippen LogP contribution in [0.5, 0.6) is 5.75 Å². The lowest BCUT2D eigenvalue weighted by molar-refractivity contribution is 0.0156. The van der Waals surface area contributed by atoms with Gasteiger partial charge in [0.05, 0.1) is 18.5 Å². The van der Waals surface area contributed by atoms with Gasteiger partial charge in [0.15, 0.2) is 0 Å². The van der Waals surface area contributed by atoms with Gasteiger partial charge in [-0.15, -0.1) is 0 Å². The summed E-state index contributed by atoms with van der Waals surface area (Å²) in [5, 5.41) is 3.46. The number of aromatic nitrogens is 2. The van der Waals surface area contributed by atoms with Crippen molar-refractivity contribution in [2.24, 2.45) is 11.3 Å². The van der Waals surface area contributed by atoms with E-state index < -0.39 is 0 Å². The van der Waals surface area contributed by atoms with E-state index in [9.17, 15) is 0 Å². The van der Waals surface area contributed by atoms with Crippen LogP contribution in [-0.4, -0.2) is 17.1 Å². The quantitative estimate of drug-likeness (QED) is 0.634. The summed E-state index contributed by atoms with van der Waals surface area (Å²) >= 11 is 0. The van der Waals surface area contributed by atoms with Crippen molar-refractivity contribution in [2.75, 3.05) is 12.4 Å². The van der Waals surface area contributed by atoms with E-state index in [1.54, 1.807) is 7.11 Å². The first kappa shape index (κ1) is 18.2. The maximum Gasteiger partial charge on any atom is 0.223 e. The molecule has 1 aromatic heterocycles. The average molecular weight is 386 g/mol. The summed E-state index contributed by atoms with van der Waals surface area (Å²) < 4.78 is 5.34. The van der Waals surface area contributed by atoms with Gasteiger partial charge in [0.25, 0.3) is 0 Å². The molecule has 0 aliphatic heterocycles. The minimum Gasteiger partial charge on any atom is -0.497 e. The Morgan fingerprint density at radius 1 is 1.03 bits per heavy atom. The number of hydrogen-bond acceptors (Lipinski definition) is 4. The molecule has 2 atom stereocenters. The summed E-state index contributed by atoms with van der Waals surface area (Å²) in [6.07, 6.45) is 2.32. The van der Waals surface area contributed by atoms with Crippen molar-refractivity contribution in [1.82, 2.24) is 9.97 Å². The second kappa shape index (κ2) is 6.87. The van der Waals surface area contributed by atoms with Crippen molar-refractivity contribution in [3.63, 3.8) is 0 Å². The van der Waals surface area contributed by atoms with Crippen molar-refractivity contribution in [3.05, 3.63) is 71.4 Å². The summed E-state index contributed by atoms with van der Waals surface area (Å²) in [6, 6.07) is 18.6. The van der Waals surface area contributed by atoms with Crippen LogP contribution in [0.25, 0.3) is 11.3 Å². The summed E-state index contributed by atoms with van der Waals surface area (Å²) in [5.41, 5.74) is 6.33. The lowest BCUT2D eigenvalue weighted by Crippen LogP contribution is -2.48. The summed E-state index contributed by atoms with van der Waals surface area (Å²) in [4.78, 5) is 9.98. The highest BCUT2D eigenvalue weighted by Crippen LogP contribution is 2.62. The maximum absolute atomic E-state index is 5.34. The molecule has 4 nitrogen and oxygen atoms in total. The van der Waals surface area contributed by atoms with Crippen LogP contribution < -0.4 is 10.1 Å². The molecule has 3 aromatic rings. The Morgan fingerprint density at radius 3 is 2.48 bits per heavy atom. The van der Waals surface area contributed by atoms with Gasteiger partial charge in [0.1, 0.15) is 5.75 Å². The summed E-state index contributed by atoms with van der Waals surface area (Å²) in [7, 11) is 1.70. The fourth-order valence-electron chi connectivity index (χ4n) is 4.91. The zero-order valence-corrected chi connectivity index (χ0v) is 17.3. The number of nitrogens with one attached hydrogen (secondary N) is 1. The first-order chi connectivity index (χ1) is 14.1. The zero-order chi connectivity index (χ0) is 20.0. The van der Waals surface area contributed by atoms with Gasteiger partial charge in [-0.25, -0.2) is 9.97 Å². The van der Waals surface area contributed by atoms with Gasteiger partial charge in [-0.2, -0.15) is 0 Å². The van der Waals surface area contributed by atoms with E-state index in [4.69, 9.17) is 14.7 Å². The Balaban J connectivity index is 1.55. The highest BCUT2D eigenvalue weighted by atomic mass is 16.5. The van der Waals surface area contributed by atoms with E-state index in [1.807, 2.05) is 18.2 Å². The zero-order valence-electron chi connectivity index (χ0n) is 17.3. The van der Waals surface area contributed by atoms with Crippen LogP contribution in [0, 0.1) is 11.3 Å². The summed E-state index contributed by atoms with van der Waals surface area (Å²) in [6.45, 7) is 5.50. The van der Waals surface area contributed by atoms with Crippen LogP contribution in [0.2, 0.25) is 0 Å².